The molecule has 5 heteroatoms. The minimum absolute atomic E-state index is 0.0782. The average molecular weight is 373 g/mol. The predicted octanol–water partition coefficient (Wildman–Crippen LogP) is 4.31. The van der Waals surface area contributed by atoms with E-state index in [0.717, 1.165) is 23.7 Å². The van der Waals surface area contributed by atoms with Crippen LogP contribution < -0.4 is 10.1 Å². The summed E-state index contributed by atoms with van der Waals surface area (Å²) in [5.74, 6) is 0.494. The largest absolute Gasteiger partial charge is 0.493 e. The Labute approximate surface area is 160 Å². The van der Waals surface area contributed by atoms with Gasteiger partial charge in [-0.05, 0) is 56.6 Å². The zero-order valence-electron chi connectivity index (χ0n) is 15.1. The predicted molar refractivity (Wildman–Crippen MR) is 105 cm³/mol. The Bertz CT molecular complexity index is 744. The van der Waals surface area contributed by atoms with Crippen molar-refractivity contribution in [1.29, 1.82) is 0 Å². The molecular formula is C21H25ClN2O2. The van der Waals surface area contributed by atoms with Crippen molar-refractivity contribution in [2.75, 3.05) is 26.2 Å². The molecule has 1 atom stereocenters. The number of ether oxygens (including phenoxy) is 1. The van der Waals surface area contributed by atoms with E-state index in [9.17, 15) is 4.79 Å². The van der Waals surface area contributed by atoms with Gasteiger partial charge in [0.25, 0.3) is 5.91 Å². The molecule has 2 aromatic rings. The second-order valence-electron chi connectivity index (χ2n) is 6.42. The number of carbonyl (C=O) groups excluding carboxylic acids is 1. The smallest absolute Gasteiger partial charge is 0.255 e. The molecular weight excluding hydrogens is 348 g/mol. The molecule has 1 saturated heterocycles. The lowest BCUT2D eigenvalue weighted by Crippen LogP contribution is -2.37. The summed E-state index contributed by atoms with van der Waals surface area (Å²) in [4.78, 5) is 15.1. The molecule has 2 aromatic carbocycles. The van der Waals surface area contributed by atoms with Crippen LogP contribution in [-0.2, 0) is 0 Å². The first-order chi connectivity index (χ1) is 12.7. The average Bonchev–Trinajstić information content (AvgIpc) is 3.18. The van der Waals surface area contributed by atoms with Gasteiger partial charge in [0, 0.05) is 11.6 Å². The van der Waals surface area contributed by atoms with Crippen LogP contribution in [0.2, 0.25) is 5.02 Å². The van der Waals surface area contributed by atoms with Crippen molar-refractivity contribution in [2.24, 2.45) is 0 Å². The summed E-state index contributed by atoms with van der Waals surface area (Å²) in [6, 6.07) is 15.3. The normalized spacial score (nSPS) is 15.6. The van der Waals surface area contributed by atoms with Crippen LogP contribution in [-0.4, -0.2) is 37.0 Å². The summed E-state index contributed by atoms with van der Waals surface area (Å²) in [5.41, 5.74) is 1.63. The van der Waals surface area contributed by atoms with Crippen molar-refractivity contribution in [3.8, 4) is 5.75 Å². The number of hydrogen-bond acceptors (Lipinski definition) is 3. The molecule has 0 aliphatic carbocycles. The zero-order valence-corrected chi connectivity index (χ0v) is 15.8. The number of halogens is 1. The fraction of sp³-hybridized carbons (Fsp3) is 0.381. The molecule has 26 heavy (non-hydrogen) atoms. The summed E-state index contributed by atoms with van der Waals surface area (Å²) in [6.07, 6.45) is 2.37. The van der Waals surface area contributed by atoms with Crippen molar-refractivity contribution in [1.82, 2.24) is 10.2 Å². The van der Waals surface area contributed by atoms with Crippen LogP contribution in [0.4, 0.5) is 0 Å². The van der Waals surface area contributed by atoms with Crippen molar-refractivity contribution in [3.63, 3.8) is 0 Å². The molecule has 0 aromatic heterocycles. The maximum atomic E-state index is 12.7. The Kier molecular flexibility index (Phi) is 6.53. The van der Waals surface area contributed by atoms with Crippen LogP contribution in [0.25, 0.3) is 0 Å². The van der Waals surface area contributed by atoms with Crippen LogP contribution >= 0.6 is 11.6 Å². The second kappa shape index (κ2) is 9.06. The van der Waals surface area contributed by atoms with Crippen LogP contribution in [0, 0.1) is 0 Å². The second-order valence-corrected chi connectivity index (χ2v) is 6.83. The Morgan fingerprint density at radius 3 is 2.58 bits per heavy atom. The molecule has 3 rings (SSSR count). The van der Waals surface area contributed by atoms with E-state index in [1.54, 1.807) is 6.07 Å². The molecule has 1 fully saturated rings. The van der Waals surface area contributed by atoms with Gasteiger partial charge in [-0.15, -0.1) is 0 Å². The lowest BCUT2D eigenvalue weighted by Gasteiger charge is -2.29. The highest BCUT2D eigenvalue weighted by atomic mass is 35.5. The number of amides is 1. The molecule has 138 valence electrons. The monoisotopic (exact) mass is 372 g/mol. The van der Waals surface area contributed by atoms with Crippen LogP contribution in [0.5, 0.6) is 5.75 Å². The third kappa shape index (κ3) is 4.37. The Hall–Kier alpha value is -2.04. The van der Waals surface area contributed by atoms with E-state index in [2.05, 4.69) is 10.2 Å². The quantitative estimate of drug-likeness (QED) is 0.787. The van der Waals surface area contributed by atoms with E-state index in [4.69, 9.17) is 16.3 Å². The van der Waals surface area contributed by atoms with Gasteiger partial charge in [0.15, 0.2) is 0 Å². The lowest BCUT2D eigenvalue weighted by molar-refractivity contribution is 0.0934. The van der Waals surface area contributed by atoms with E-state index in [0.29, 0.717) is 24.5 Å². The number of rotatable bonds is 7. The summed E-state index contributed by atoms with van der Waals surface area (Å²) >= 11 is 6.44. The lowest BCUT2D eigenvalue weighted by atomic mass is 10.0. The first-order valence-corrected chi connectivity index (χ1v) is 9.57. The van der Waals surface area contributed by atoms with Gasteiger partial charge >= 0.3 is 0 Å². The van der Waals surface area contributed by atoms with Crippen LogP contribution in [0.3, 0.4) is 0 Å². The number of benzene rings is 2. The van der Waals surface area contributed by atoms with Crippen molar-refractivity contribution in [3.05, 3.63) is 64.7 Å². The molecule has 1 heterocycles. The number of likely N-dealkylation sites (tertiary alicyclic amines) is 1. The standard InChI is InChI=1S/C21H25ClN2O2/c1-2-26-20-12-6-4-10-17(20)21(25)23-15-19(24-13-7-8-14-24)16-9-3-5-11-18(16)22/h3-6,9-12,19H,2,7-8,13-15H2,1H3,(H,23,25). The fourth-order valence-electron chi connectivity index (χ4n) is 3.45. The third-order valence-electron chi connectivity index (χ3n) is 4.73. The molecule has 0 bridgehead atoms. The Balaban J connectivity index is 1.76. The first-order valence-electron chi connectivity index (χ1n) is 9.19. The molecule has 1 unspecified atom stereocenters. The van der Waals surface area contributed by atoms with Crippen LogP contribution in [0.15, 0.2) is 48.5 Å². The topological polar surface area (TPSA) is 41.6 Å². The number of para-hydroxylation sites is 1. The van der Waals surface area contributed by atoms with Gasteiger partial charge in [0.1, 0.15) is 5.75 Å². The Morgan fingerprint density at radius 1 is 1.15 bits per heavy atom. The van der Waals surface area contributed by atoms with Crippen molar-refractivity contribution < 1.29 is 9.53 Å². The minimum atomic E-state index is -0.120. The van der Waals surface area contributed by atoms with E-state index < -0.39 is 0 Å². The maximum absolute atomic E-state index is 12.7. The van der Waals surface area contributed by atoms with E-state index in [-0.39, 0.29) is 11.9 Å². The molecule has 4 nitrogen and oxygen atoms in total. The minimum Gasteiger partial charge on any atom is -0.493 e. The number of carbonyl (C=O) groups is 1. The van der Waals surface area contributed by atoms with Crippen LogP contribution in [0.1, 0.15) is 41.7 Å². The van der Waals surface area contributed by atoms with E-state index in [1.807, 2.05) is 49.4 Å². The first kappa shape index (κ1) is 18.7. The SMILES string of the molecule is CCOc1ccccc1C(=O)NCC(c1ccccc1Cl)N1CCCC1. The molecule has 0 saturated carbocycles. The highest BCUT2D eigenvalue weighted by Gasteiger charge is 2.26. The van der Waals surface area contributed by atoms with Crippen molar-refractivity contribution in [2.45, 2.75) is 25.8 Å². The van der Waals surface area contributed by atoms with E-state index >= 15 is 0 Å². The zero-order chi connectivity index (χ0) is 18.4. The molecule has 0 radical (unpaired) electrons. The summed E-state index contributed by atoms with van der Waals surface area (Å²) in [5, 5.41) is 3.83. The van der Waals surface area contributed by atoms with Gasteiger partial charge in [0.2, 0.25) is 0 Å². The van der Waals surface area contributed by atoms with Gasteiger partial charge in [0.05, 0.1) is 18.2 Å². The molecule has 1 aliphatic heterocycles. The van der Waals surface area contributed by atoms with E-state index in [1.165, 1.54) is 12.8 Å². The number of nitrogens with zero attached hydrogens (tertiary/aromatic N) is 1. The Morgan fingerprint density at radius 2 is 1.85 bits per heavy atom. The summed E-state index contributed by atoms with van der Waals surface area (Å²) in [7, 11) is 0. The highest BCUT2D eigenvalue weighted by Crippen LogP contribution is 2.30. The van der Waals surface area contributed by atoms with Gasteiger partial charge in [-0.1, -0.05) is 41.9 Å². The number of hydrogen-bond donors (Lipinski definition) is 1. The summed E-state index contributed by atoms with van der Waals surface area (Å²) in [6.45, 7) is 5.02. The summed E-state index contributed by atoms with van der Waals surface area (Å²) < 4.78 is 5.58. The van der Waals surface area contributed by atoms with Crippen molar-refractivity contribution >= 4 is 17.5 Å². The fourth-order valence-corrected chi connectivity index (χ4v) is 3.72. The van der Waals surface area contributed by atoms with Gasteiger partial charge in [-0.3, -0.25) is 9.69 Å². The molecule has 1 N–H and O–H groups in total. The maximum Gasteiger partial charge on any atom is 0.255 e. The molecule has 0 spiro atoms. The highest BCUT2D eigenvalue weighted by molar-refractivity contribution is 6.31. The number of nitrogens with one attached hydrogen (secondary N) is 1. The molecule has 1 aliphatic rings. The molecule has 1 amide bonds. The van der Waals surface area contributed by atoms with Gasteiger partial charge in [-0.2, -0.15) is 0 Å². The van der Waals surface area contributed by atoms with Gasteiger partial charge in [-0.25, -0.2) is 0 Å². The third-order valence-corrected chi connectivity index (χ3v) is 5.08. The van der Waals surface area contributed by atoms with Gasteiger partial charge < -0.3 is 10.1 Å².